The molecular formula is C18H23NO5. The van der Waals surface area contributed by atoms with Gasteiger partial charge in [0, 0.05) is 11.6 Å². The fourth-order valence-corrected chi connectivity index (χ4v) is 3.39. The van der Waals surface area contributed by atoms with Gasteiger partial charge in [0.2, 0.25) is 0 Å². The summed E-state index contributed by atoms with van der Waals surface area (Å²) in [5, 5.41) is 12.4. The van der Waals surface area contributed by atoms with Crippen LogP contribution in [0.2, 0.25) is 0 Å². The molecule has 1 aromatic rings. The maximum absolute atomic E-state index is 12.6. The molecular weight excluding hydrogens is 310 g/mol. The van der Waals surface area contributed by atoms with E-state index in [1.54, 1.807) is 18.2 Å². The molecule has 1 heterocycles. The summed E-state index contributed by atoms with van der Waals surface area (Å²) < 4.78 is 11.0. The van der Waals surface area contributed by atoms with Crippen LogP contribution in [0.25, 0.3) is 0 Å². The number of carbonyl (C=O) groups excluding carboxylic acids is 1. The number of carbonyl (C=O) groups is 2. The standard InChI is InChI=1S/C18H23NO5/c20-17(12-7-8-15-16(11-12)24-10-9-23-15)19-14-6-4-2-1-3-5-13(14)18(21)22/h7-8,11,13-14H,1-6,9-10H2,(H,19,20)(H,21,22). The van der Waals surface area contributed by atoms with E-state index < -0.39 is 11.9 Å². The van der Waals surface area contributed by atoms with Crippen LogP contribution in [-0.2, 0) is 4.79 Å². The molecule has 0 saturated heterocycles. The smallest absolute Gasteiger partial charge is 0.308 e. The Labute approximate surface area is 141 Å². The molecule has 6 nitrogen and oxygen atoms in total. The Balaban J connectivity index is 1.72. The number of carboxylic acids is 1. The Morgan fingerprint density at radius 2 is 1.71 bits per heavy atom. The van der Waals surface area contributed by atoms with Crippen LogP contribution in [0.1, 0.15) is 48.9 Å². The highest BCUT2D eigenvalue weighted by atomic mass is 16.6. The molecule has 0 radical (unpaired) electrons. The van der Waals surface area contributed by atoms with E-state index in [2.05, 4.69) is 5.32 Å². The molecule has 130 valence electrons. The van der Waals surface area contributed by atoms with Crippen molar-refractivity contribution in [1.82, 2.24) is 5.32 Å². The molecule has 6 heteroatoms. The van der Waals surface area contributed by atoms with E-state index in [0.717, 1.165) is 25.7 Å². The van der Waals surface area contributed by atoms with Gasteiger partial charge in [-0.3, -0.25) is 9.59 Å². The van der Waals surface area contributed by atoms with Crippen LogP contribution in [0.3, 0.4) is 0 Å². The maximum atomic E-state index is 12.6. The summed E-state index contributed by atoms with van der Waals surface area (Å²) in [6.07, 6.45) is 5.30. The molecule has 1 aliphatic heterocycles. The second-order valence-electron chi connectivity index (χ2n) is 6.37. The van der Waals surface area contributed by atoms with Crippen molar-refractivity contribution in [2.45, 2.75) is 44.6 Å². The Bertz CT molecular complexity index is 615. The van der Waals surface area contributed by atoms with Crippen molar-refractivity contribution in [3.8, 4) is 11.5 Å². The molecule has 2 atom stereocenters. The van der Waals surface area contributed by atoms with Gasteiger partial charge in [0.05, 0.1) is 5.92 Å². The molecule has 0 spiro atoms. The van der Waals surface area contributed by atoms with E-state index >= 15 is 0 Å². The number of hydrogen-bond donors (Lipinski definition) is 2. The minimum absolute atomic E-state index is 0.260. The van der Waals surface area contributed by atoms with E-state index in [-0.39, 0.29) is 11.9 Å². The molecule has 1 aliphatic carbocycles. The molecule has 1 fully saturated rings. The van der Waals surface area contributed by atoms with E-state index in [0.29, 0.717) is 43.1 Å². The lowest BCUT2D eigenvalue weighted by molar-refractivity contribution is -0.143. The highest BCUT2D eigenvalue weighted by Crippen LogP contribution is 2.31. The molecule has 1 saturated carbocycles. The summed E-state index contributed by atoms with van der Waals surface area (Å²) in [5.41, 5.74) is 0.463. The number of benzene rings is 1. The van der Waals surface area contributed by atoms with Gasteiger partial charge >= 0.3 is 5.97 Å². The van der Waals surface area contributed by atoms with Crippen LogP contribution in [-0.4, -0.2) is 36.2 Å². The summed E-state index contributed by atoms with van der Waals surface area (Å²) in [5.74, 6) is -0.423. The number of aliphatic carboxylic acids is 1. The van der Waals surface area contributed by atoms with Crippen molar-refractivity contribution in [3.63, 3.8) is 0 Å². The van der Waals surface area contributed by atoms with Crippen LogP contribution < -0.4 is 14.8 Å². The Kier molecular flexibility index (Phi) is 5.23. The first-order valence-corrected chi connectivity index (χ1v) is 8.58. The fourth-order valence-electron chi connectivity index (χ4n) is 3.39. The van der Waals surface area contributed by atoms with Crippen LogP contribution in [0.4, 0.5) is 0 Å². The van der Waals surface area contributed by atoms with Crippen molar-refractivity contribution in [2.24, 2.45) is 5.92 Å². The lowest BCUT2D eigenvalue weighted by Gasteiger charge is -2.27. The Morgan fingerprint density at radius 3 is 2.46 bits per heavy atom. The van der Waals surface area contributed by atoms with Gasteiger partial charge in [0.25, 0.3) is 5.91 Å². The van der Waals surface area contributed by atoms with E-state index in [4.69, 9.17) is 9.47 Å². The minimum Gasteiger partial charge on any atom is -0.486 e. The zero-order valence-corrected chi connectivity index (χ0v) is 13.6. The number of hydrogen-bond acceptors (Lipinski definition) is 4. The van der Waals surface area contributed by atoms with E-state index in [1.165, 1.54) is 0 Å². The lowest BCUT2D eigenvalue weighted by Crippen LogP contribution is -2.43. The number of amides is 1. The first-order chi connectivity index (χ1) is 11.6. The van der Waals surface area contributed by atoms with Crippen molar-refractivity contribution in [3.05, 3.63) is 23.8 Å². The quantitative estimate of drug-likeness (QED) is 0.888. The molecule has 2 aliphatic rings. The first kappa shape index (κ1) is 16.6. The number of carboxylic acid groups (broad SMARTS) is 1. The van der Waals surface area contributed by atoms with Crippen LogP contribution in [0.15, 0.2) is 18.2 Å². The Hall–Kier alpha value is -2.24. The topological polar surface area (TPSA) is 84.9 Å². The van der Waals surface area contributed by atoms with Gasteiger partial charge in [-0.25, -0.2) is 0 Å². The van der Waals surface area contributed by atoms with Crippen molar-refractivity contribution >= 4 is 11.9 Å². The van der Waals surface area contributed by atoms with Gasteiger partial charge in [-0.1, -0.05) is 25.7 Å². The van der Waals surface area contributed by atoms with Crippen LogP contribution >= 0.6 is 0 Å². The third-order valence-electron chi connectivity index (χ3n) is 4.70. The predicted octanol–water partition coefficient (Wildman–Crippen LogP) is 2.61. The number of rotatable bonds is 3. The third-order valence-corrected chi connectivity index (χ3v) is 4.70. The molecule has 0 aromatic heterocycles. The second-order valence-corrected chi connectivity index (χ2v) is 6.37. The van der Waals surface area contributed by atoms with Crippen LogP contribution in [0.5, 0.6) is 11.5 Å². The average molecular weight is 333 g/mol. The summed E-state index contributed by atoms with van der Waals surface area (Å²) in [7, 11) is 0. The normalized spacial score (nSPS) is 23.7. The van der Waals surface area contributed by atoms with Gasteiger partial charge < -0.3 is 19.9 Å². The summed E-state index contributed by atoms with van der Waals surface area (Å²) >= 11 is 0. The SMILES string of the molecule is O=C(NC1CCCCCCC1C(=O)O)c1ccc2c(c1)OCCO2. The van der Waals surface area contributed by atoms with Crippen molar-refractivity contribution in [1.29, 1.82) is 0 Å². The third kappa shape index (κ3) is 3.80. The highest BCUT2D eigenvalue weighted by molar-refractivity contribution is 5.95. The molecule has 24 heavy (non-hydrogen) atoms. The van der Waals surface area contributed by atoms with Crippen molar-refractivity contribution in [2.75, 3.05) is 13.2 Å². The minimum atomic E-state index is -0.829. The van der Waals surface area contributed by atoms with Gasteiger partial charge in [-0.2, -0.15) is 0 Å². The predicted molar refractivity (Wildman–Crippen MR) is 87.5 cm³/mol. The number of fused-ring (bicyclic) bond motifs is 1. The number of nitrogens with one attached hydrogen (secondary N) is 1. The van der Waals surface area contributed by atoms with Gasteiger partial charge in [0.15, 0.2) is 11.5 Å². The van der Waals surface area contributed by atoms with Gasteiger partial charge in [0.1, 0.15) is 13.2 Å². The molecule has 3 rings (SSSR count). The van der Waals surface area contributed by atoms with E-state index in [1.807, 2.05) is 0 Å². The second kappa shape index (κ2) is 7.55. The largest absolute Gasteiger partial charge is 0.486 e. The van der Waals surface area contributed by atoms with Crippen molar-refractivity contribution < 1.29 is 24.2 Å². The molecule has 1 amide bonds. The van der Waals surface area contributed by atoms with Gasteiger partial charge in [-0.05, 0) is 31.0 Å². The lowest BCUT2D eigenvalue weighted by atomic mass is 9.86. The molecule has 0 bridgehead atoms. The zero-order valence-electron chi connectivity index (χ0n) is 13.6. The summed E-state index contributed by atoms with van der Waals surface area (Å²) in [6, 6.07) is 4.73. The Morgan fingerprint density at radius 1 is 1.00 bits per heavy atom. The first-order valence-electron chi connectivity index (χ1n) is 8.58. The highest BCUT2D eigenvalue weighted by Gasteiger charge is 2.30. The molecule has 2 unspecified atom stereocenters. The van der Waals surface area contributed by atoms with Gasteiger partial charge in [-0.15, -0.1) is 0 Å². The maximum Gasteiger partial charge on any atom is 0.308 e. The summed E-state index contributed by atoms with van der Waals surface area (Å²) in [6.45, 7) is 0.961. The zero-order chi connectivity index (χ0) is 16.9. The average Bonchev–Trinajstić information content (AvgIpc) is 2.56. The van der Waals surface area contributed by atoms with E-state index in [9.17, 15) is 14.7 Å². The fraction of sp³-hybridized carbons (Fsp3) is 0.556. The molecule has 1 aromatic carbocycles. The number of ether oxygens (including phenoxy) is 2. The monoisotopic (exact) mass is 333 g/mol. The van der Waals surface area contributed by atoms with Crippen LogP contribution in [0, 0.1) is 5.92 Å². The summed E-state index contributed by atoms with van der Waals surface area (Å²) in [4.78, 5) is 24.1. The molecule has 2 N–H and O–H groups in total.